The molecule has 0 aromatic heterocycles. The molecule has 2 atom stereocenters. The number of aliphatic carboxylic acids is 2. The van der Waals surface area contributed by atoms with Gasteiger partial charge in [0.1, 0.15) is 12.6 Å². The van der Waals surface area contributed by atoms with Gasteiger partial charge in [-0.05, 0) is 6.42 Å². The number of rotatable bonds is 11. The number of nitrogens with two attached hydrogens (primary N) is 1. The molecule has 0 radical (unpaired) electrons. The summed E-state index contributed by atoms with van der Waals surface area (Å²) in [4.78, 5) is 44.8. The minimum Gasteiger partial charge on any atom is -0.480 e. The summed E-state index contributed by atoms with van der Waals surface area (Å²) in [5.41, 5.74) is 5.25. The molecule has 2 amide bonds. The van der Waals surface area contributed by atoms with Crippen LogP contribution in [-0.4, -0.2) is 66.6 Å². The van der Waals surface area contributed by atoms with Crippen molar-refractivity contribution < 1.29 is 43.0 Å². The third-order valence-electron chi connectivity index (χ3n) is 2.78. The molecule has 0 bridgehead atoms. The van der Waals surface area contributed by atoms with Gasteiger partial charge in [0.25, 0.3) is 5.91 Å². The lowest BCUT2D eigenvalue weighted by Crippen LogP contribution is -2.48. The van der Waals surface area contributed by atoms with Gasteiger partial charge >= 0.3 is 19.5 Å². The molecule has 0 aliphatic rings. The van der Waals surface area contributed by atoms with E-state index in [9.17, 15) is 23.7 Å². The number of hydrogen-bond acceptors (Lipinski definition) is 8. The molecule has 0 spiro atoms. The van der Waals surface area contributed by atoms with Gasteiger partial charge in [0, 0.05) is 20.6 Å². The van der Waals surface area contributed by atoms with Gasteiger partial charge in [-0.1, -0.05) is 0 Å². The molecule has 6 N–H and O–H groups in total. The molecule has 0 heterocycles. The second-order valence-electron chi connectivity index (χ2n) is 4.47. The Labute approximate surface area is 137 Å². The zero-order valence-electron chi connectivity index (χ0n) is 13.1. The predicted molar refractivity (Wildman–Crippen MR) is 79.0 cm³/mol. The summed E-state index contributed by atoms with van der Waals surface area (Å²) in [7, 11) is -2.15. The standard InChI is InChI=1S/C11H20N3O9P/c1-22-24(21,23-2)10(9(18)13-5-8(16)17)14-7(15)4-3-6(12)11(19)20/h6,10H,3-5,12H2,1-2H3,(H,13,18)(H,14,15)(H,16,17)(H,19,20)/t6-,10?/m0/s1. The molecule has 12 nitrogen and oxygen atoms in total. The van der Waals surface area contributed by atoms with Crippen molar-refractivity contribution in [2.75, 3.05) is 20.8 Å². The molecule has 0 aromatic carbocycles. The van der Waals surface area contributed by atoms with Gasteiger partial charge in [-0.25, -0.2) is 0 Å². The molecule has 0 aromatic rings. The first-order valence-electron chi connectivity index (χ1n) is 6.55. The Kier molecular flexibility index (Phi) is 9.14. The van der Waals surface area contributed by atoms with E-state index in [1.807, 2.05) is 5.32 Å². The van der Waals surface area contributed by atoms with E-state index in [1.54, 1.807) is 0 Å². The number of carboxylic acids is 2. The lowest BCUT2D eigenvalue weighted by molar-refractivity contribution is -0.139. The van der Waals surface area contributed by atoms with Crippen LogP contribution in [0.2, 0.25) is 0 Å². The van der Waals surface area contributed by atoms with Crippen LogP contribution >= 0.6 is 7.60 Å². The Morgan fingerprint density at radius 3 is 2.12 bits per heavy atom. The van der Waals surface area contributed by atoms with Crippen molar-refractivity contribution in [3.63, 3.8) is 0 Å². The van der Waals surface area contributed by atoms with Gasteiger partial charge in [0.15, 0.2) is 0 Å². The third-order valence-corrected chi connectivity index (χ3v) is 4.80. The average molecular weight is 369 g/mol. The van der Waals surface area contributed by atoms with Gasteiger partial charge in [-0.15, -0.1) is 0 Å². The highest BCUT2D eigenvalue weighted by atomic mass is 31.2. The van der Waals surface area contributed by atoms with E-state index in [0.29, 0.717) is 0 Å². The Hall–Kier alpha value is -2.01. The van der Waals surface area contributed by atoms with E-state index in [2.05, 4.69) is 14.4 Å². The van der Waals surface area contributed by atoms with E-state index < -0.39 is 49.7 Å². The lowest BCUT2D eigenvalue weighted by atomic mass is 10.1. The predicted octanol–water partition coefficient (Wildman–Crippen LogP) is -1.69. The summed E-state index contributed by atoms with van der Waals surface area (Å²) >= 11 is 0. The second-order valence-corrected chi connectivity index (χ2v) is 6.80. The highest BCUT2D eigenvalue weighted by Gasteiger charge is 2.41. The van der Waals surface area contributed by atoms with Crippen molar-refractivity contribution in [2.45, 2.75) is 24.7 Å². The van der Waals surface area contributed by atoms with Crippen molar-refractivity contribution in [1.29, 1.82) is 0 Å². The fraction of sp³-hybridized carbons (Fsp3) is 0.636. The summed E-state index contributed by atoms with van der Waals surface area (Å²) in [6.07, 6.45) is -0.599. The smallest absolute Gasteiger partial charge is 0.361 e. The normalized spacial score (nSPS) is 13.6. The monoisotopic (exact) mass is 369 g/mol. The van der Waals surface area contributed by atoms with Gasteiger partial charge in [0.05, 0.1) is 0 Å². The average Bonchev–Trinajstić information content (AvgIpc) is 2.54. The SMILES string of the molecule is COP(=O)(OC)C(NC(=O)CC[C@H](N)C(=O)O)C(=O)NCC(=O)O. The summed E-state index contributed by atoms with van der Waals surface area (Å²) in [5.74, 6) is -6.40. The van der Waals surface area contributed by atoms with Crippen LogP contribution in [0.25, 0.3) is 0 Å². The molecule has 0 aliphatic heterocycles. The number of hydrogen-bond donors (Lipinski definition) is 5. The second kappa shape index (κ2) is 9.98. The van der Waals surface area contributed by atoms with E-state index in [0.717, 1.165) is 14.2 Å². The zero-order chi connectivity index (χ0) is 18.9. The number of carbonyl (C=O) groups is 4. The van der Waals surface area contributed by atoms with Gasteiger partial charge in [0.2, 0.25) is 11.7 Å². The van der Waals surface area contributed by atoms with Gasteiger partial charge in [-0.2, -0.15) is 0 Å². The Morgan fingerprint density at radius 1 is 1.17 bits per heavy atom. The van der Waals surface area contributed by atoms with Crippen LogP contribution < -0.4 is 16.4 Å². The molecule has 138 valence electrons. The van der Waals surface area contributed by atoms with Crippen LogP contribution in [-0.2, 0) is 32.8 Å². The van der Waals surface area contributed by atoms with E-state index in [-0.39, 0.29) is 12.8 Å². The zero-order valence-corrected chi connectivity index (χ0v) is 13.9. The topological polar surface area (TPSA) is 194 Å². The Bertz CT molecular complexity index is 531. The van der Waals surface area contributed by atoms with Crippen LogP contribution in [0.5, 0.6) is 0 Å². The quantitative estimate of drug-likeness (QED) is 0.262. The van der Waals surface area contributed by atoms with Crippen molar-refractivity contribution >= 4 is 31.3 Å². The number of carboxylic acid groups (broad SMARTS) is 2. The fourth-order valence-electron chi connectivity index (χ4n) is 1.47. The van der Waals surface area contributed by atoms with Crippen LogP contribution in [0.3, 0.4) is 0 Å². The maximum atomic E-state index is 12.3. The first-order valence-corrected chi connectivity index (χ1v) is 8.17. The van der Waals surface area contributed by atoms with Gasteiger partial charge < -0.3 is 35.6 Å². The van der Waals surface area contributed by atoms with E-state index in [1.165, 1.54) is 0 Å². The van der Waals surface area contributed by atoms with Crippen molar-refractivity contribution in [3.8, 4) is 0 Å². The summed E-state index contributed by atoms with van der Waals surface area (Å²) in [6.45, 7) is -0.775. The minimum absolute atomic E-state index is 0.227. The fourth-order valence-corrected chi connectivity index (χ4v) is 2.72. The summed E-state index contributed by atoms with van der Waals surface area (Å²) in [5, 5.41) is 21.2. The molecule has 0 saturated heterocycles. The van der Waals surface area contributed by atoms with E-state index in [4.69, 9.17) is 15.9 Å². The molecule has 1 unspecified atom stereocenters. The van der Waals surface area contributed by atoms with Crippen LogP contribution in [0.1, 0.15) is 12.8 Å². The first kappa shape index (κ1) is 22.0. The number of nitrogens with one attached hydrogen (secondary N) is 2. The van der Waals surface area contributed by atoms with E-state index >= 15 is 0 Å². The maximum absolute atomic E-state index is 12.3. The Balaban J connectivity index is 5.03. The molecule has 0 aliphatic carbocycles. The minimum atomic E-state index is -4.11. The third kappa shape index (κ3) is 7.04. The molecule has 0 saturated carbocycles. The number of amides is 2. The van der Waals surface area contributed by atoms with Gasteiger partial charge in [-0.3, -0.25) is 23.7 Å². The molecular formula is C11H20N3O9P. The molecule has 13 heteroatoms. The molecule has 0 rings (SSSR count). The van der Waals surface area contributed by atoms with Crippen molar-refractivity contribution in [3.05, 3.63) is 0 Å². The van der Waals surface area contributed by atoms with Crippen molar-refractivity contribution in [2.24, 2.45) is 5.73 Å². The van der Waals surface area contributed by atoms with Crippen LogP contribution in [0.15, 0.2) is 0 Å². The highest BCUT2D eigenvalue weighted by molar-refractivity contribution is 7.55. The van der Waals surface area contributed by atoms with Crippen LogP contribution in [0, 0.1) is 0 Å². The first-order chi connectivity index (χ1) is 11.1. The molecular weight excluding hydrogens is 349 g/mol. The van der Waals surface area contributed by atoms with Crippen LogP contribution in [0.4, 0.5) is 0 Å². The maximum Gasteiger partial charge on any atom is 0.361 e. The Morgan fingerprint density at radius 2 is 1.71 bits per heavy atom. The molecule has 0 fully saturated rings. The lowest BCUT2D eigenvalue weighted by Gasteiger charge is -2.24. The highest BCUT2D eigenvalue weighted by Crippen LogP contribution is 2.50. The summed E-state index contributed by atoms with van der Waals surface area (Å²) in [6, 6.07) is -1.29. The molecule has 24 heavy (non-hydrogen) atoms. The van der Waals surface area contributed by atoms with Crippen molar-refractivity contribution in [1.82, 2.24) is 10.6 Å². The number of carbonyl (C=O) groups excluding carboxylic acids is 2. The largest absolute Gasteiger partial charge is 0.480 e. The summed E-state index contributed by atoms with van der Waals surface area (Å²) < 4.78 is 21.6.